The number of hydrogen-bond donors (Lipinski definition) is 1. The fourth-order valence-corrected chi connectivity index (χ4v) is 3.33. The number of nitro groups is 1. The molecule has 0 aliphatic carbocycles. The number of hydrazone groups is 1. The van der Waals surface area contributed by atoms with Crippen LogP contribution in [0.3, 0.4) is 0 Å². The molecular formula is C19H17N5O3S. The molecule has 9 heteroatoms. The van der Waals surface area contributed by atoms with E-state index in [-0.39, 0.29) is 11.6 Å². The summed E-state index contributed by atoms with van der Waals surface area (Å²) in [6.45, 7) is 1.83. The first kappa shape index (κ1) is 19.3. The Bertz CT molecular complexity index is 1060. The summed E-state index contributed by atoms with van der Waals surface area (Å²) in [5.74, 6) is -0.342. The molecule has 0 fully saturated rings. The van der Waals surface area contributed by atoms with Crippen molar-refractivity contribution < 1.29 is 9.72 Å². The number of carbonyl (C=O) groups excluding carboxylic acids is 1. The zero-order valence-corrected chi connectivity index (χ0v) is 16.0. The molecule has 142 valence electrons. The van der Waals surface area contributed by atoms with Gasteiger partial charge in [0.25, 0.3) is 11.6 Å². The van der Waals surface area contributed by atoms with Gasteiger partial charge < -0.3 is 4.57 Å². The summed E-state index contributed by atoms with van der Waals surface area (Å²) >= 11 is 1.21. The molecular weight excluding hydrogens is 378 g/mol. The molecule has 3 rings (SSSR count). The van der Waals surface area contributed by atoms with E-state index in [0.29, 0.717) is 21.2 Å². The van der Waals surface area contributed by atoms with Crippen molar-refractivity contribution in [1.29, 1.82) is 0 Å². The maximum Gasteiger partial charge on any atom is 0.283 e. The van der Waals surface area contributed by atoms with Gasteiger partial charge in [0.15, 0.2) is 5.16 Å². The number of aryl methyl sites for hydroxylation is 2. The molecule has 0 bridgehead atoms. The molecule has 2 aromatic carbocycles. The van der Waals surface area contributed by atoms with Crippen LogP contribution in [0.5, 0.6) is 0 Å². The van der Waals surface area contributed by atoms with Crippen molar-refractivity contribution in [2.75, 3.05) is 0 Å². The van der Waals surface area contributed by atoms with Gasteiger partial charge >= 0.3 is 0 Å². The van der Waals surface area contributed by atoms with Crippen LogP contribution in [0.4, 0.5) is 5.69 Å². The lowest BCUT2D eigenvalue weighted by Crippen LogP contribution is -2.18. The van der Waals surface area contributed by atoms with E-state index in [4.69, 9.17) is 0 Å². The maximum atomic E-state index is 12.1. The van der Waals surface area contributed by atoms with Crippen LogP contribution in [0.2, 0.25) is 0 Å². The topological polar surface area (TPSA) is 102 Å². The highest BCUT2D eigenvalue weighted by atomic mass is 32.2. The Morgan fingerprint density at radius 2 is 2.11 bits per heavy atom. The van der Waals surface area contributed by atoms with Gasteiger partial charge in [-0.2, -0.15) is 5.10 Å². The number of amides is 1. The zero-order chi connectivity index (χ0) is 20.1. The van der Waals surface area contributed by atoms with Crippen molar-refractivity contribution >= 4 is 29.6 Å². The summed E-state index contributed by atoms with van der Waals surface area (Å²) in [5, 5.41) is 16.0. The summed E-state index contributed by atoms with van der Waals surface area (Å²) in [6, 6.07) is 11.9. The van der Waals surface area contributed by atoms with Gasteiger partial charge in [-0.25, -0.2) is 10.4 Å². The van der Waals surface area contributed by atoms with E-state index in [1.807, 2.05) is 26.1 Å². The molecule has 1 amide bonds. The number of rotatable bonds is 6. The SMILES string of the molecule is Cc1ccccc1C(=O)N/N=C\c1ccc(Sc2nccn2C)c([N+](=O)[O-])c1. The standard InChI is InChI=1S/C19H17N5O3S/c1-13-5-3-4-6-15(13)18(25)22-21-12-14-7-8-17(16(11-14)24(26)27)28-19-20-9-10-23(19)2/h3-12H,1-2H3,(H,22,25)/b21-12-. The number of benzene rings is 2. The molecule has 0 atom stereocenters. The van der Waals surface area contributed by atoms with Gasteiger partial charge in [-0.15, -0.1) is 0 Å². The number of hydrogen-bond acceptors (Lipinski definition) is 6. The molecule has 1 N–H and O–H groups in total. The molecule has 0 unspecified atom stereocenters. The Morgan fingerprint density at radius 3 is 2.79 bits per heavy atom. The number of carbonyl (C=O) groups is 1. The van der Waals surface area contributed by atoms with Crippen molar-refractivity contribution in [1.82, 2.24) is 15.0 Å². The van der Waals surface area contributed by atoms with Crippen molar-refractivity contribution in [3.05, 3.63) is 81.7 Å². The van der Waals surface area contributed by atoms with Gasteiger partial charge in [0.1, 0.15) is 0 Å². The normalized spacial score (nSPS) is 10.9. The quantitative estimate of drug-likeness (QED) is 0.391. The van der Waals surface area contributed by atoms with Gasteiger partial charge in [0.05, 0.1) is 16.0 Å². The van der Waals surface area contributed by atoms with Crippen LogP contribution in [0.1, 0.15) is 21.5 Å². The Labute approximate surface area is 165 Å². The fourth-order valence-electron chi connectivity index (χ4n) is 2.45. The molecule has 8 nitrogen and oxygen atoms in total. The van der Waals surface area contributed by atoms with Crippen LogP contribution in [0, 0.1) is 17.0 Å². The van der Waals surface area contributed by atoms with Crippen LogP contribution >= 0.6 is 11.8 Å². The minimum atomic E-state index is -0.450. The van der Waals surface area contributed by atoms with Crippen molar-refractivity contribution in [2.24, 2.45) is 12.1 Å². The minimum Gasteiger partial charge on any atom is -0.329 e. The Balaban J connectivity index is 1.75. The van der Waals surface area contributed by atoms with Crippen LogP contribution in [0.25, 0.3) is 0 Å². The maximum absolute atomic E-state index is 12.1. The third-order valence-corrected chi connectivity index (χ3v) is 5.07. The highest BCUT2D eigenvalue weighted by molar-refractivity contribution is 7.99. The third-order valence-electron chi connectivity index (χ3n) is 3.93. The van der Waals surface area contributed by atoms with E-state index in [1.165, 1.54) is 24.0 Å². The minimum absolute atomic E-state index is 0.0535. The summed E-state index contributed by atoms with van der Waals surface area (Å²) < 4.78 is 1.78. The van der Waals surface area contributed by atoms with Crippen LogP contribution in [0.15, 0.2) is 70.0 Å². The van der Waals surface area contributed by atoms with Crippen LogP contribution < -0.4 is 5.43 Å². The monoisotopic (exact) mass is 395 g/mol. The van der Waals surface area contributed by atoms with Gasteiger partial charge in [-0.3, -0.25) is 14.9 Å². The number of nitro benzene ring substituents is 1. The molecule has 0 radical (unpaired) electrons. The molecule has 1 aromatic heterocycles. The fraction of sp³-hybridized carbons (Fsp3) is 0.105. The van der Waals surface area contributed by atoms with Gasteiger partial charge in [0.2, 0.25) is 0 Å². The van der Waals surface area contributed by atoms with Crippen LogP contribution in [-0.4, -0.2) is 26.6 Å². The first-order chi connectivity index (χ1) is 13.5. The first-order valence-corrected chi connectivity index (χ1v) is 9.10. The van der Waals surface area contributed by atoms with Crippen molar-refractivity contribution in [2.45, 2.75) is 17.0 Å². The highest BCUT2D eigenvalue weighted by Gasteiger charge is 2.17. The average Bonchev–Trinajstić information content (AvgIpc) is 3.07. The number of imidazole rings is 1. The second-order valence-corrected chi connectivity index (χ2v) is 6.93. The lowest BCUT2D eigenvalue weighted by Gasteiger charge is -2.05. The molecule has 3 aromatic rings. The largest absolute Gasteiger partial charge is 0.329 e. The molecule has 1 heterocycles. The predicted molar refractivity (Wildman–Crippen MR) is 107 cm³/mol. The third kappa shape index (κ3) is 4.44. The summed E-state index contributed by atoms with van der Waals surface area (Å²) in [7, 11) is 1.82. The molecule has 0 aliphatic rings. The second-order valence-electron chi connectivity index (χ2n) is 5.92. The Kier molecular flexibility index (Phi) is 5.85. The Hall–Kier alpha value is -3.46. The summed E-state index contributed by atoms with van der Waals surface area (Å²) in [5.41, 5.74) is 4.24. The van der Waals surface area contributed by atoms with E-state index in [0.717, 1.165) is 5.56 Å². The second kappa shape index (κ2) is 8.49. The van der Waals surface area contributed by atoms with E-state index in [2.05, 4.69) is 15.5 Å². The summed E-state index contributed by atoms with van der Waals surface area (Å²) in [4.78, 5) is 27.8. The molecule has 0 aliphatic heterocycles. The number of nitrogens with one attached hydrogen (secondary N) is 1. The smallest absolute Gasteiger partial charge is 0.283 e. The van der Waals surface area contributed by atoms with Gasteiger partial charge in [-0.05, 0) is 36.4 Å². The first-order valence-electron chi connectivity index (χ1n) is 8.28. The van der Waals surface area contributed by atoms with E-state index in [1.54, 1.807) is 41.2 Å². The number of nitrogens with zero attached hydrogens (tertiary/aromatic N) is 4. The van der Waals surface area contributed by atoms with E-state index >= 15 is 0 Å². The van der Waals surface area contributed by atoms with Gasteiger partial charge in [-0.1, -0.05) is 24.3 Å². The Morgan fingerprint density at radius 1 is 1.32 bits per heavy atom. The number of aromatic nitrogens is 2. The predicted octanol–water partition coefficient (Wildman–Crippen LogP) is 3.55. The van der Waals surface area contributed by atoms with Crippen molar-refractivity contribution in [3.63, 3.8) is 0 Å². The highest BCUT2D eigenvalue weighted by Crippen LogP contribution is 2.34. The lowest BCUT2D eigenvalue weighted by atomic mass is 10.1. The molecule has 28 heavy (non-hydrogen) atoms. The van der Waals surface area contributed by atoms with E-state index < -0.39 is 4.92 Å². The van der Waals surface area contributed by atoms with Crippen LogP contribution in [-0.2, 0) is 7.05 Å². The zero-order valence-electron chi connectivity index (χ0n) is 15.2. The lowest BCUT2D eigenvalue weighted by molar-refractivity contribution is -0.387. The molecule has 0 saturated heterocycles. The van der Waals surface area contributed by atoms with Gasteiger partial charge in [0, 0.05) is 36.6 Å². The van der Waals surface area contributed by atoms with E-state index in [9.17, 15) is 14.9 Å². The molecule has 0 saturated carbocycles. The van der Waals surface area contributed by atoms with Crippen molar-refractivity contribution in [3.8, 4) is 0 Å². The summed E-state index contributed by atoms with van der Waals surface area (Å²) in [6.07, 6.45) is 4.77. The molecule has 0 spiro atoms. The average molecular weight is 395 g/mol.